The molecule has 0 saturated carbocycles. The number of hydrogen-bond donors (Lipinski definition) is 2. The Morgan fingerprint density at radius 3 is 2.70 bits per heavy atom. The van der Waals surface area contributed by atoms with Gasteiger partial charge in [0.25, 0.3) is 5.91 Å². The van der Waals surface area contributed by atoms with Gasteiger partial charge in [0.15, 0.2) is 6.61 Å². The van der Waals surface area contributed by atoms with E-state index in [0.29, 0.717) is 11.4 Å². The first kappa shape index (κ1) is 15.1. The average molecular weight is 310 g/mol. The van der Waals surface area contributed by atoms with Crippen LogP contribution in [0.25, 0.3) is 0 Å². The maximum absolute atomic E-state index is 12.3. The fraction of sp³-hybridized carbons (Fsp3) is 0.222. The molecular weight excluding hydrogens is 292 g/mol. The summed E-state index contributed by atoms with van der Waals surface area (Å²) in [4.78, 5) is 23.6. The molecule has 0 aromatic heterocycles. The summed E-state index contributed by atoms with van der Waals surface area (Å²) >= 11 is 0. The third-order valence-corrected chi connectivity index (χ3v) is 3.79. The molecule has 1 heterocycles. The van der Waals surface area contributed by atoms with Crippen LogP contribution < -0.4 is 15.4 Å². The normalized spacial score (nSPS) is 12.9. The average Bonchev–Trinajstić information content (AvgIpc) is 2.50. The second-order valence-corrected chi connectivity index (χ2v) is 5.66. The summed E-state index contributed by atoms with van der Waals surface area (Å²) < 4.78 is 5.31. The fourth-order valence-corrected chi connectivity index (χ4v) is 2.62. The van der Waals surface area contributed by atoms with Crippen LogP contribution in [0, 0.1) is 13.8 Å². The number of aryl methyl sites for hydroxylation is 2. The Kier molecular flexibility index (Phi) is 4.02. The number of fused-ring (bicyclic) bond motifs is 1. The Bertz CT molecular complexity index is 764. The van der Waals surface area contributed by atoms with Crippen molar-refractivity contribution in [3.05, 3.63) is 53.1 Å². The topological polar surface area (TPSA) is 67.4 Å². The number of anilines is 2. The standard InChI is InChI=1S/C18H18N2O3/c1-11-4-3-5-12(2)18(11)20-16(21)9-13-6-7-15-14(8-13)19-17(22)10-23-15/h3-8H,9-10H2,1-2H3,(H,19,22)(H,20,21). The van der Waals surface area contributed by atoms with Gasteiger partial charge in [-0.3, -0.25) is 9.59 Å². The molecular formula is C18H18N2O3. The van der Waals surface area contributed by atoms with Crippen molar-refractivity contribution >= 4 is 23.2 Å². The Hall–Kier alpha value is -2.82. The minimum absolute atomic E-state index is 0.0272. The molecule has 0 atom stereocenters. The Morgan fingerprint density at radius 2 is 1.96 bits per heavy atom. The van der Waals surface area contributed by atoms with Crippen molar-refractivity contribution in [2.75, 3.05) is 17.2 Å². The number of benzene rings is 2. The predicted octanol–water partition coefficient (Wildman–Crippen LogP) is 2.82. The second-order valence-electron chi connectivity index (χ2n) is 5.66. The van der Waals surface area contributed by atoms with Crippen molar-refractivity contribution in [1.82, 2.24) is 0 Å². The number of ether oxygens (including phenoxy) is 1. The number of amides is 2. The lowest BCUT2D eigenvalue weighted by Gasteiger charge is -2.18. The molecule has 2 aromatic carbocycles. The van der Waals surface area contributed by atoms with Crippen molar-refractivity contribution in [2.24, 2.45) is 0 Å². The molecule has 2 aromatic rings. The van der Waals surface area contributed by atoms with Crippen molar-refractivity contribution < 1.29 is 14.3 Å². The fourth-order valence-electron chi connectivity index (χ4n) is 2.62. The van der Waals surface area contributed by atoms with Gasteiger partial charge < -0.3 is 15.4 Å². The molecule has 5 heteroatoms. The number of carbonyl (C=O) groups excluding carboxylic acids is 2. The van der Waals surface area contributed by atoms with Gasteiger partial charge in [-0.1, -0.05) is 24.3 Å². The van der Waals surface area contributed by atoms with E-state index in [2.05, 4.69) is 10.6 Å². The molecule has 0 aliphatic carbocycles. The number of nitrogens with one attached hydrogen (secondary N) is 2. The van der Waals surface area contributed by atoms with Crippen LogP contribution in [-0.2, 0) is 16.0 Å². The minimum Gasteiger partial charge on any atom is -0.482 e. The molecule has 0 fully saturated rings. The van der Waals surface area contributed by atoms with Gasteiger partial charge in [-0.15, -0.1) is 0 Å². The van der Waals surface area contributed by atoms with Gasteiger partial charge in [0.05, 0.1) is 12.1 Å². The molecule has 1 aliphatic heterocycles. The largest absolute Gasteiger partial charge is 0.482 e. The highest BCUT2D eigenvalue weighted by Crippen LogP contribution is 2.28. The monoisotopic (exact) mass is 310 g/mol. The quantitative estimate of drug-likeness (QED) is 0.916. The van der Waals surface area contributed by atoms with E-state index < -0.39 is 0 Å². The number of carbonyl (C=O) groups is 2. The van der Waals surface area contributed by atoms with E-state index >= 15 is 0 Å². The maximum Gasteiger partial charge on any atom is 0.262 e. The molecule has 2 amide bonds. The summed E-state index contributed by atoms with van der Waals surface area (Å²) in [5, 5.41) is 5.70. The van der Waals surface area contributed by atoms with Crippen LogP contribution in [0.3, 0.4) is 0 Å². The van der Waals surface area contributed by atoms with Crippen molar-refractivity contribution in [2.45, 2.75) is 20.3 Å². The molecule has 0 bridgehead atoms. The lowest BCUT2D eigenvalue weighted by atomic mass is 10.1. The Labute approximate surface area is 134 Å². The van der Waals surface area contributed by atoms with Crippen molar-refractivity contribution in [1.29, 1.82) is 0 Å². The molecule has 0 radical (unpaired) electrons. The van der Waals surface area contributed by atoms with E-state index in [4.69, 9.17) is 4.74 Å². The summed E-state index contributed by atoms with van der Waals surface area (Å²) in [5.41, 5.74) is 4.35. The first-order valence-corrected chi connectivity index (χ1v) is 7.44. The highest BCUT2D eigenvalue weighted by molar-refractivity contribution is 5.96. The van der Waals surface area contributed by atoms with Crippen molar-refractivity contribution in [3.8, 4) is 5.75 Å². The first-order chi connectivity index (χ1) is 11.0. The highest BCUT2D eigenvalue weighted by atomic mass is 16.5. The molecule has 5 nitrogen and oxygen atoms in total. The van der Waals surface area contributed by atoms with Gasteiger partial charge in [0.2, 0.25) is 5.91 Å². The van der Waals surface area contributed by atoms with Gasteiger partial charge >= 0.3 is 0 Å². The number of hydrogen-bond acceptors (Lipinski definition) is 3. The molecule has 23 heavy (non-hydrogen) atoms. The summed E-state index contributed by atoms with van der Waals surface area (Å²) in [6, 6.07) is 11.3. The minimum atomic E-state index is -0.186. The van der Waals surface area contributed by atoms with Gasteiger partial charge in [0.1, 0.15) is 5.75 Å². The molecule has 2 N–H and O–H groups in total. The van der Waals surface area contributed by atoms with Crippen LogP contribution in [0.5, 0.6) is 5.75 Å². The smallest absolute Gasteiger partial charge is 0.262 e. The third-order valence-electron chi connectivity index (χ3n) is 3.79. The highest BCUT2D eigenvalue weighted by Gasteiger charge is 2.17. The van der Waals surface area contributed by atoms with E-state index in [1.54, 1.807) is 12.1 Å². The lowest BCUT2D eigenvalue weighted by molar-refractivity contribution is -0.118. The zero-order valence-electron chi connectivity index (χ0n) is 13.1. The van der Waals surface area contributed by atoms with Crippen LogP contribution in [0.15, 0.2) is 36.4 Å². The Balaban J connectivity index is 1.73. The van der Waals surface area contributed by atoms with Gasteiger partial charge in [-0.05, 0) is 42.7 Å². The van der Waals surface area contributed by atoms with E-state index in [9.17, 15) is 9.59 Å². The summed E-state index contributed by atoms with van der Waals surface area (Å²) in [7, 11) is 0. The lowest BCUT2D eigenvalue weighted by Crippen LogP contribution is -2.25. The zero-order valence-corrected chi connectivity index (χ0v) is 13.1. The number of rotatable bonds is 3. The van der Waals surface area contributed by atoms with E-state index in [0.717, 1.165) is 22.4 Å². The second kappa shape index (κ2) is 6.12. The third kappa shape index (κ3) is 3.34. The summed E-state index contributed by atoms with van der Waals surface area (Å²) in [5.74, 6) is 0.351. The van der Waals surface area contributed by atoms with Crippen LogP contribution in [0.1, 0.15) is 16.7 Å². The number of para-hydroxylation sites is 1. The van der Waals surface area contributed by atoms with Gasteiger partial charge in [-0.2, -0.15) is 0 Å². The van der Waals surface area contributed by atoms with Crippen LogP contribution in [0.2, 0.25) is 0 Å². The molecule has 0 unspecified atom stereocenters. The van der Waals surface area contributed by atoms with Crippen LogP contribution in [0.4, 0.5) is 11.4 Å². The predicted molar refractivity (Wildman–Crippen MR) is 88.8 cm³/mol. The summed E-state index contributed by atoms with van der Waals surface area (Å²) in [6.07, 6.45) is 0.233. The molecule has 0 saturated heterocycles. The maximum atomic E-state index is 12.3. The summed E-state index contributed by atoms with van der Waals surface area (Å²) in [6.45, 7) is 3.96. The van der Waals surface area contributed by atoms with Crippen LogP contribution in [-0.4, -0.2) is 18.4 Å². The van der Waals surface area contributed by atoms with Gasteiger partial charge in [-0.25, -0.2) is 0 Å². The molecule has 3 rings (SSSR count). The van der Waals surface area contributed by atoms with Crippen molar-refractivity contribution in [3.63, 3.8) is 0 Å². The zero-order chi connectivity index (χ0) is 16.4. The Morgan fingerprint density at radius 1 is 1.22 bits per heavy atom. The molecule has 0 spiro atoms. The first-order valence-electron chi connectivity index (χ1n) is 7.44. The van der Waals surface area contributed by atoms with Crippen LogP contribution >= 0.6 is 0 Å². The van der Waals surface area contributed by atoms with E-state index in [-0.39, 0.29) is 24.8 Å². The molecule has 1 aliphatic rings. The van der Waals surface area contributed by atoms with Gasteiger partial charge in [0, 0.05) is 5.69 Å². The molecule has 118 valence electrons. The van der Waals surface area contributed by atoms with E-state index in [1.165, 1.54) is 0 Å². The SMILES string of the molecule is Cc1cccc(C)c1NC(=O)Cc1ccc2c(c1)NC(=O)CO2. The van der Waals surface area contributed by atoms with E-state index in [1.807, 2.05) is 38.1 Å².